The van der Waals surface area contributed by atoms with Crippen LogP contribution in [0.1, 0.15) is 44.1 Å². The average molecular weight is 274 g/mol. The average Bonchev–Trinajstić information content (AvgIpc) is 2.81. The number of thioether (sulfide) groups is 1. The molecule has 0 bridgehead atoms. The first-order chi connectivity index (χ1) is 9.34. The molecule has 0 fully saturated rings. The Bertz CT molecular complexity index is 441. The molecule has 2 heteroatoms. The summed E-state index contributed by atoms with van der Waals surface area (Å²) in [6.45, 7) is 0. The number of fused-ring (bicyclic) bond motifs is 1. The Morgan fingerprint density at radius 2 is 1.95 bits per heavy atom. The van der Waals surface area contributed by atoms with Crippen LogP contribution >= 0.6 is 11.8 Å². The number of aliphatic hydroxyl groups is 1. The van der Waals surface area contributed by atoms with Crippen LogP contribution in [0.25, 0.3) is 0 Å². The molecular weight excluding hydrogens is 252 g/mol. The van der Waals surface area contributed by atoms with Crippen molar-refractivity contribution in [3.05, 3.63) is 41.5 Å². The topological polar surface area (TPSA) is 20.2 Å². The number of hydrogen-bond acceptors (Lipinski definition) is 2. The number of rotatable bonds is 2. The van der Waals surface area contributed by atoms with E-state index in [0.29, 0.717) is 5.25 Å². The molecule has 1 N–H and O–H groups in total. The van der Waals surface area contributed by atoms with E-state index in [1.54, 1.807) is 0 Å². The lowest BCUT2D eigenvalue weighted by molar-refractivity contribution is 0.202. The Morgan fingerprint density at radius 3 is 2.84 bits per heavy atom. The molecule has 1 aliphatic carbocycles. The van der Waals surface area contributed by atoms with E-state index in [1.165, 1.54) is 41.7 Å². The normalized spacial score (nSPS) is 27.8. The standard InChI is InChI=1S/C17H22OS/c18-17(13-8-4-2-1-3-5-9-13)16-12-14-10-6-7-11-15(14)19-16/h6-8,10-11,16-18H,1-5,9,12H2/b13-8+. The maximum absolute atomic E-state index is 10.7. The highest BCUT2D eigenvalue weighted by Crippen LogP contribution is 2.40. The van der Waals surface area contributed by atoms with Crippen molar-refractivity contribution >= 4 is 11.8 Å². The summed E-state index contributed by atoms with van der Waals surface area (Å²) in [4.78, 5) is 1.36. The van der Waals surface area contributed by atoms with E-state index in [9.17, 15) is 5.11 Å². The number of benzene rings is 1. The summed E-state index contributed by atoms with van der Waals surface area (Å²) in [5, 5.41) is 11.0. The summed E-state index contributed by atoms with van der Waals surface area (Å²) in [5.74, 6) is 0. The Balaban J connectivity index is 1.70. The Labute approximate surface area is 120 Å². The zero-order valence-electron chi connectivity index (χ0n) is 11.3. The minimum absolute atomic E-state index is 0.254. The second-order valence-electron chi connectivity index (χ2n) is 5.64. The van der Waals surface area contributed by atoms with Gasteiger partial charge in [-0.1, -0.05) is 37.1 Å². The van der Waals surface area contributed by atoms with Crippen LogP contribution in [0.5, 0.6) is 0 Å². The molecule has 102 valence electrons. The van der Waals surface area contributed by atoms with E-state index >= 15 is 0 Å². The molecule has 1 aromatic carbocycles. The smallest absolute Gasteiger partial charge is 0.0875 e. The van der Waals surface area contributed by atoms with E-state index < -0.39 is 0 Å². The molecule has 19 heavy (non-hydrogen) atoms. The fraction of sp³-hybridized carbons (Fsp3) is 0.529. The molecule has 1 aliphatic heterocycles. The number of hydrogen-bond donors (Lipinski definition) is 1. The molecule has 1 aromatic rings. The quantitative estimate of drug-likeness (QED) is 0.809. The van der Waals surface area contributed by atoms with Gasteiger partial charge in [0.05, 0.1) is 6.10 Å². The number of allylic oxidation sites excluding steroid dienone is 1. The van der Waals surface area contributed by atoms with Crippen LogP contribution in [-0.2, 0) is 6.42 Å². The molecule has 1 heterocycles. The van der Waals surface area contributed by atoms with Crippen molar-refractivity contribution < 1.29 is 5.11 Å². The van der Waals surface area contributed by atoms with Gasteiger partial charge in [-0.15, -0.1) is 11.8 Å². The summed E-state index contributed by atoms with van der Waals surface area (Å²) < 4.78 is 0. The van der Waals surface area contributed by atoms with Crippen LogP contribution in [0.2, 0.25) is 0 Å². The lowest BCUT2D eigenvalue weighted by Gasteiger charge is -2.22. The molecule has 0 spiro atoms. The van der Waals surface area contributed by atoms with Crippen molar-refractivity contribution in [2.24, 2.45) is 0 Å². The van der Waals surface area contributed by atoms with E-state index in [2.05, 4.69) is 30.3 Å². The summed E-state index contributed by atoms with van der Waals surface area (Å²) in [5.41, 5.74) is 2.70. The summed E-state index contributed by atoms with van der Waals surface area (Å²) in [6.07, 6.45) is 10.5. The fourth-order valence-electron chi connectivity index (χ4n) is 3.11. The van der Waals surface area contributed by atoms with Crippen LogP contribution in [0.15, 0.2) is 40.8 Å². The second kappa shape index (κ2) is 6.15. The van der Waals surface area contributed by atoms with Crippen molar-refractivity contribution in [2.75, 3.05) is 0 Å². The molecule has 0 saturated heterocycles. The molecule has 3 rings (SSSR count). The zero-order chi connectivity index (χ0) is 13.1. The van der Waals surface area contributed by atoms with Crippen molar-refractivity contribution in [1.29, 1.82) is 0 Å². The lowest BCUT2D eigenvalue weighted by Crippen LogP contribution is -2.25. The SMILES string of the molecule is OC(/C1=C/CCCCCC1)C1Cc2ccccc2S1. The predicted molar refractivity (Wildman–Crippen MR) is 81.6 cm³/mol. The van der Waals surface area contributed by atoms with Gasteiger partial charge in [-0.3, -0.25) is 0 Å². The molecule has 2 aliphatic rings. The van der Waals surface area contributed by atoms with Gasteiger partial charge in [-0.2, -0.15) is 0 Å². The molecule has 2 unspecified atom stereocenters. The Morgan fingerprint density at radius 1 is 1.11 bits per heavy atom. The van der Waals surface area contributed by atoms with Crippen molar-refractivity contribution in [2.45, 2.75) is 61.2 Å². The second-order valence-corrected chi connectivity index (χ2v) is 6.93. The Kier molecular flexibility index (Phi) is 4.29. The summed E-state index contributed by atoms with van der Waals surface area (Å²) >= 11 is 1.86. The highest BCUT2D eigenvalue weighted by atomic mass is 32.2. The van der Waals surface area contributed by atoms with Gasteiger partial charge in [0.15, 0.2) is 0 Å². The molecular formula is C17H22OS. The van der Waals surface area contributed by atoms with E-state index in [0.717, 1.165) is 19.3 Å². The van der Waals surface area contributed by atoms with Gasteiger partial charge in [-0.25, -0.2) is 0 Å². The van der Waals surface area contributed by atoms with Crippen molar-refractivity contribution in [3.63, 3.8) is 0 Å². The minimum atomic E-state index is -0.254. The Hall–Kier alpha value is -0.730. The highest BCUT2D eigenvalue weighted by Gasteiger charge is 2.30. The van der Waals surface area contributed by atoms with Gasteiger partial charge < -0.3 is 5.11 Å². The monoisotopic (exact) mass is 274 g/mol. The third-order valence-corrected chi connectivity index (χ3v) is 5.61. The van der Waals surface area contributed by atoms with Gasteiger partial charge in [-0.05, 0) is 49.3 Å². The first-order valence-electron chi connectivity index (χ1n) is 7.46. The zero-order valence-corrected chi connectivity index (χ0v) is 12.2. The molecule has 0 saturated carbocycles. The lowest BCUT2D eigenvalue weighted by atomic mass is 9.93. The fourth-order valence-corrected chi connectivity index (χ4v) is 4.46. The molecule has 0 amide bonds. The van der Waals surface area contributed by atoms with Crippen LogP contribution in [0.3, 0.4) is 0 Å². The maximum Gasteiger partial charge on any atom is 0.0875 e. The van der Waals surface area contributed by atoms with Crippen LogP contribution in [-0.4, -0.2) is 16.5 Å². The molecule has 2 atom stereocenters. The molecule has 0 aromatic heterocycles. The van der Waals surface area contributed by atoms with Gasteiger partial charge >= 0.3 is 0 Å². The van der Waals surface area contributed by atoms with E-state index in [-0.39, 0.29) is 6.10 Å². The van der Waals surface area contributed by atoms with Crippen LogP contribution in [0, 0.1) is 0 Å². The number of aliphatic hydroxyl groups excluding tert-OH is 1. The van der Waals surface area contributed by atoms with Gasteiger partial charge in [0.2, 0.25) is 0 Å². The van der Waals surface area contributed by atoms with Gasteiger partial charge in [0.25, 0.3) is 0 Å². The maximum atomic E-state index is 10.7. The third kappa shape index (κ3) is 3.06. The summed E-state index contributed by atoms with van der Waals surface area (Å²) in [7, 11) is 0. The van der Waals surface area contributed by atoms with Gasteiger partial charge in [0, 0.05) is 10.1 Å². The predicted octanol–water partition coefficient (Wildman–Crippen LogP) is 4.34. The first kappa shape index (κ1) is 13.3. The van der Waals surface area contributed by atoms with Crippen molar-refractivity contribution in [3.8, 4) is 0 Å². The van der Waals surface area contributed by atoms with Crippen LogP contribution < -0.4 is 0 Å². The summed E-state index contributed by atoms with van der Waals surface area (Å²) in [6, 6.07) is 8.57. The highest BCUT2D eigenvalue weighted by molar-refractivity contribution is 8.00. The van der Waals surface area contributed by atoms with Crippen molar-refractivity contribution in [1.82, 2.24) is 0 Å². The molecule has 1 nitrogen and oxygen atoms in total. The largest absolute Gasteiger partial charge is 0.388 e. The van der Waals surface area contributed by atoms with Crippen LogP contribution in [0.4, 0.5) is 0 Å². The minimum Gasteiger partial charge on any atom is -0.388 e. The third-order valence-electron chi connectivity index (χ3n) is 4.23. The van der Waals surface area contributed by atoms with E-state index in [1.807, 2.05) is 11.8 Å². The molecule has 0 radical (unpaired) electrons. The first-order valence-corrected chi connectivity index (χ1v) is 8.34. The van der Waals surface area contributed by atoms with Gasteiger partial charge in [0.1, 0.15) is 0 Å². The van der Waals surface area contributed by atoms with E-state index in [4.69, 9.17) is 0 Å².